The normalized spacial score (nSPS) is 11.0. The largest absolute Gasteiger partial charge is 0.354 e. The van der Waals surface area contributed by atoms with Gasteiger partial charge in [-0.15, -0.1) is 0 Å². The van der Waals surface area contributed by atoms with Crippen molar-refractivity contribution < 1.29 is 9.18 Å². The van der Waals surface area contributed by atoms with E-state index in [9.17, 15) is 14.0 Å². The van der Waals surface area contributed by atoms with Crippen molar-refractivity contribution >= 4 is 28.5 Å². The van der Waals surface area contributed by atoms with Crippen LogP contribution in [-0.2, 0) is 24.3 Å². The van der Waals surface area contributed by atoms with E-state index >= 15 is 0 Å². The Bertz CT molecular complexity index is 1300. The Morgan fingerprint density at radius 3 is 2.81 bits per heavy atom. The monoisotopic (exact) mass is 439 g/mol. The van der Waals surface area contributed by atoms with Crippen LogP contribution in [0.15, 0.2) is 65.8 Å². The number of hydrogen-bond acceptors (Lipinski definition) is 4. The van der Waals surface area contributed by atoms with Crippen LogP contribution in [0.5, 0.6) is 0 Å². The van der Waals surface area contributed by atoms with Crippen molar-refractivity contribution in [3.05, 3.63) is 93.4 Å². The molecule has 0 bridgehead atoms. The summed E-state index contributed by atoms with van der Waals surface area (Å²) >= 11 is 6.08. The molecule has 158 valence electrons. The van der Waals surface area contributed by atoms with Gasteiger partial charge in [-0.3, -0.25) is 14.2 Å². The quantitative estimate of drug-likeness (QED) is 0.480. The summed E-state index contributed by atoms with van der Waals surface area (Å²) in [6, 6.07) is 13.3. The highest BCUT2D eigenvalue weighted by Gasteiger charge is 2.11. The molecule has 1 amide bonds. The molecule has 1 N–H and O–H groups in total. The van der Waals surface area contributed by atoms with E-state index in [2.05, 4.69) is 15.4 Å². The molecule has 4 aromatic rings. The van der Waals surface area contributed by atoms with Gasteiger partial charge in [0.25, 0.3) is 5.56 Å². The van der Waals surface area contributed by atoms with Crippen molar-refractivity contribution in [2.75, 3.05) is 6.54 Å². The molecule has 0 fully saturated rings. The Kier molecular flexibility index (Phi) is 6.08. The highest BCUT2D eigenvalue weighted by Crippen LogP contribution is 2.15. The molecule has 0 aliphatic rings. The number of aromatic nitrogens is 4. The second-order valence-corrected chi connectivity index (χ2v) is 7.44. The standard InChI is InChI=1S/C22H19ClFN5O2/c23-19-7-2-1-5-16(19)11-20(30)25-8-9-29-21-18(12-27-29)22(31)28(14-26-21)13-15-4-3-6-17(24)10-15/h1-7,10,12,14H,8-9,11,13H2,(H,25,30). The Morgan fingerprint density at radius 1 is 1.16 bits per heavy atom. The first-order valence-electron chi connectivity index (χ1n) is 9.67. The van der Waals surface area contributed by atoms with Crippen LogP contribution in [-0.4, -0.2) is 31.8 Å². The van der Waals surface area contributed by atoms with Gasteiger partial charge in [0.1, 0.15) is 17.5 Å². The minimum atomic E-state index is -0.357. The SMILES string of the molecule is O=C(Cc1ccccc1Cl)NCCn1ncc2c(=O)n(Cc3cccc(F)c3)cnc21. The molecule has 0 spiro atoms. The zero-order valence-corrected chi connectivity index (χ0v) is 17.2. The van der Waals surface area contributed by atoms with Gasteiger partial charge >= 0.3 is 0 Å². The first kappa shape index (κ1) is 20.7. The van der Waals surface area contributed by atoms with Crippen LogP contribution in [0.2, 0.25) is 5.02 Å². The van der Waals surface area contributed by atoms with Crippen LogP contribution >= 0.6 is 11.6 Å². The van der Waals surface area contributed by atoms with Gasteiger partial charge in [0, 0.05) is 11.6 Å². The van der Waals surface area contributed by atoms with E-state index in [0.717, 1.165) is 5.56 Å². The minimum absolute atomic E-state index is 0.157. The molecule has 9 heteroatoms. The smallest absolute Gasteiger partial charge is 0.264 e. The summed E-state index contributed by atoms with van der Waals surface area (Å²) in [4.78, 5) is 29.2. The lowest BCUT2D eigenvalue weighted by Gasteiger charge is -2.08. The number of rotatable bonds is 7. The van der Waals surface area contributed by atoms with Gasteiger partial charge in [0.05, 0.1) is 25.7 Å². The molecule has 0 saturated heterocycles. The third kappa shape index (κ3) is 4.80. The third-order valence-electron chi connectivity index (χ3n) is 4.82. The number of benzene rings is 2. The molecule has 31 heavy (non-hydrogen) atoms. The Hall–Kier alpha value is -3.52. The molecule has 7 nitrogen and oxygen atoms in total. The molecule has 2 aromatic heterocycles. The lowest BCUT2D eigenvalue weighted by molar-refractivity contribution is -0.120. The predicted octanol–water partition coefficient (Wildman–Crippen LogP) is 2.79. The van der Waals surface area contributed by atoms with Crippen molar-refractivity contribution in [1.82, 2.24) is 24.6 Å². The fraction of sp³-hybridized carbons (Fsp3) is 0.182. The molecule has 0 saturated carbocycles. The summed E-state index contributed by atoms with van der Waals surface area (Å²) < 4.78 is 16.4. The summed E-state index contributed by atoms with van der Waals surface area (Å²) in [6.45, 7) is 0.898. The fourth-order valence-corrected chi connectivity index (χ4v) is 3.49. The second-order valence-electron chi connectivity index (χ2n) is 7.03. The average molecular weight is 440 g/mol. The Labute approximate surface area is 182 Å². The molecular formula is C22H19ClFN5O2. The van der Waals surface area contributed by atoms with Crippen LogP contribution in [0.4, 0.5) is 4.39 Å². The van der Waals surface area contributed by atoms with E-state index < -0.39 is 0 Å². The molecular weight excluding hydrogens is 421 g/mol. The lowest BCUT2D eigenvalue weighted by atomic mass is 10.1. The van der Waals surface area contributed by atoms with Crippen molar-refractivity contribution in [1.29, 1.82) is 0 Å². The van der Waals surface area contributed by atoms with Crippen LogP contribution in [0, 0.1) is 5.82 Å². The van der Waals surface area contributed by atoms with Crippen molar-refractivity contribution in [2.24, 2.45) is 0 Å². The van der Waals surface area contributed by atoms with E-state index in [1.807, 2.05) is 18.2 Å². The van der Waals surface area contributed by atoms with E-state index in [0.29, 0.717) is 34.7 Å². The zero-order valence-electron chi connectivity index (χ0n) is 16.5. The molecule has 2 heterocycles. The maximum atomic E-state index is 13.4. The van der Waals surface area contributed by atoms with E-state index in [-0.39, 0.29) is 30.2 Å². The first-order chi connectivity index (χ1) is 15.0. The number of fused-ring (bicyclic) bond motifs is 1. The Balaban J connectivity index is 1.41. The van der Waals surface area contributed by atoms with Crippen LogP contribution in [0.1, 0.15) is 11.1 Å². The molecule has 0 unspecified atom stereocenters. The first-order valence-corrected chi connectivity index (χ1v) is 10.0. The lowest BCUT2D eigenvalue weighted by Crippen LogP contribution is -2.29. The summed E-state index contributed by atoms with van der Waals surface area (Å²) in [5.74, 6) is -0.515. The van der Waals surface area contributed by atoms with Gasteiger partial charge in [-0.2, -0.15) is 5.10 Å². The van der Waals surface area contributed by atoms with Gasteiger partial charge in [0.2, 0.25) is 5.91 Å². The maximum Gasteiger partial charge on any atom is 0.264 e. The van der Waals surface area contributed by atoms with Gasteiger partial charge in [-0.1, -0.05) is 41.9 Å². The van der Waals surface area contributed by atoms with Gasteiger partial charge < -0.3 is 5.32 Å². The summed E-state index contributed by atoms with van der Waals surface area (Å²) in [5.41, 5.74) is 1.59. The number of nitrogens with one attached hydrogen (secondary N) is 1. The van der Waals surface area contributed by atoms with E-state index in [1.54, 1.807) is 22.9 Å². The fourth-order valence-electron chi connectivity index (χ4n) is 3.28. The topological polar surface area (TPSA) is 81.8 Å². The predicted molar refractivity (Wildman–Crippen MR) is 115 cm³/mol. The number of halogens is 2. The maximum absolute atomic E-state index is 13.4. The summed E-state index contributed by atoms with van der Waals surface area (Å²) in [6.07, 6.45) is 3.06. The van der Waals surface area contributed by atoms with Crippen LogP contribution in [0.3, 0.4) is 0 Å². The highest BCUT2D eigenvalue weighted by atomic mass is 35.5. The van der Waals surface area contributed by atoms with E-state index in [1.165, 1.54) is 29.2 Å². The van der Waals surface area contributed by atoms with Gasteiger partial charge in [0.15, 0.2) is 5.65 Å². The number of carbonyl (C=O) groups is 1. The zero-order chi connectivity index (χ0) is 21.8. The number of nitrogens with zero attached hydrogens (tertiary/aromatic N) is 4. The minimum Gasteiger partial charge on any atom is -0.354 e. The third-order valence-corrected chi connectivity index (χ3v) is 5.19. The molecule has 0 radical (unpaired) electrons. The van der Waals surface area contributed by atoms with Crippen molar-refractivity contribution in [3.8, 4) is 0 Å². The molecule has 0 atom stereocenters. The second kappa shape index (κ2) is 9.09. The van der Waals surface area contributed by atoms with Crippen LogP contribution in [0.25, 0.3) is 11.0 Å². The van der Waals surface area contributed by atoms with E-state index in [4.69, 9.17) is 11.6 Å². The summed E-state index contributed by atoms with van der Waals surface area (Å²) in [7, 11) is 0. The van der Waals surface area contributed by atoms with Gasteiger partial charge in [-0.25, -0.2) is 14.1 Å². The number of hydrogen-bond donors (Lipinski definition) is 1. The number of carbonyl (C=O) groups excluding carboxylic acids is 1. The summed E-state index contributed by atoms with van der Waals surface area (Å²) in [5, 5.41) is 7.95. The molecule has 0 aliphatic heterocycles. The highest BCUT2D eigenvalue weighted by molar-refractivity contribution is 6.31. The molecule has 2 aromatic carbocycles. The van der Waals surface area contributed by atoms with Crippen molar-refractivity contribution in [3.63, 3.8) is 0 Å². The molecule has 0 aliphatic carbocycles. The van der Waals surface area contributed by atoms with Gasteiger partial charge in [-0.05, 0) is 29.3 Å². The van der Waals surface area contributed by atoms with Crippen LogP contribution < -0.4 is 10.9 Å². The Morgan fingerprint density at radius 2 is 2.00 bits per heavy atom. The molecule has 4 rings (SSSR count). The number of amides is 1. The average Bonchev–Trinajstić information content (AvgIpc) is 3.16. The van der Waals surface area contributed by atoms with Crippen molar-refractivity contribution in [2.45, 2.75) is 19.5 Å².